The van der Waals surface area contributed by atoms with E-state index in [1.807, 2.05) is 0 Å². The molecule has 1 aromatic carbocycles. The second kappa shape index (κ2) is 9.32. The summed E-state index contributed by atoms with van der Waals surface area (Å²) in [6.07, 6.45) is 2.56. The molecule has 3 rings (SSSR count). The van der Waals surface area contributed by atoms with Crippen molar-refractivity contribution in [3.8, 4) is 0 Å². The molecule has 0 aliphatic carbocycles. The third-order valence-corrected chi connectivity index (χ3v) is 5.44. The minimum absolute atomic E-state index is 0.172. The van der Waals surface area contributed by atoms with E-state index in [9.17, 15) is 4.79 Å². The first-order chi connectivity index (χ1) is 12.2. The van der Waals surface area contributed by atoms with E-state index in [0.717, 1.165) is 51.9 Å². The second-order valence-electron chi connectivity index (χ2n) is 7.76. The van der Waals surface area contributed by atoms with Crippen LogP contribution in [0, 0.1) is 5.92 Å². The number of quaternary nitrogens is 2. The van der Waals surface area contributed by atoms with Gasteiger partial charge in [-0.05, 0) is 18.4 Å². The molecular formula is C20H33N3O2+2. The van der Waals surface area contributed by atoms with E-state index in [-0.39, 0.29) is 5.91 Å². The van der Waals surface area contributed by atoms with E-state index in [4.69, 9.17) is 4.74 Å². The number of likely N-dealkylation sites (tertiary alicyclic amines) is 1. The van der Waals surface area contributed by atoms with Crippen LogP contribution >= 0.6 is 0 Å². The van der Waals surface area contributed by atoms with Crippen LogP contribution in [0.15, 0.2) is 24.3 Å². The number of hydrogen-bond donors (Lipinski definition) is 3. The zero-order chi connectivity index (χ0) is 17.5. The third kappa shape index (κ3) is 6.10. The summed E-state index contributed by atoms with van der Waals surface area (Å²) in [7, 11) is 0. The molecule has 0 aromatic heterocycles. The summed E-state index contributed by atoms with van der Waals surface area (Å²) in [4.78, 5) is 15.2. The Labute approximate surface area is 151 Å². The number of morpholine rings is 1. The van der Waals surface area contributed by atoms with E-state index in [1.165, 1.54) is 28.9 Å². The van der Waals surface area contributed by atoms with Crippen LogP contribution in [0.25, 0.3) is 0 Å². The van der Waals surface area contributed by atoms with E-state index < -0.39 is 0 Å². The van der Waals surface area contributed by atoms with Crippen LogP contribution in [0.4, 0.5) is 0 Å². The highest BCUT2D eigenvalue weighted by Crippen LogP contribution is 2.05. The molecule has 25 heavy (non-hydrogen) atoms. The molecule has 5 nitrogen and oxygen atoms in total. The monoisotopic (exact) mass is 347 g/mol. The molecular weight excluding hydrogens is 314 g/mol. The first kappa shape index (κ1) is 18.4. The Morgan fingerprint density at radius 2 is 1.84 bits per heavy atom. The van der Waals surface area contributed by atoms with Gasteiger partial charge in [0.25, 0.3) is 5.91 Å². The Bertz CT molecular complexity index is 540. The van der Waals surface area contributed by atoms with Gasteiger partial charge >= 0.3 is 0 Å². The van der Waals surface area contributed by atoms with Crippen molar-refractivity contribution in [1.82, 2.24) is 5.32 Å². The topological polar surface area (TPSA) is 47.2 Å². The van der Waals surface area contributed by atoms with Gasteiger partial charge in [0.05, 0.1) is 26.3 Å². The van der Waals surface area contributed by atoms with Crippen LogP contribution < -0.4 is 15.1 Å². The molecule has 1 amide bonds. The van der Waals surface area contributed by atoms with Crippen LogP contribution in [-0.4, -0.2) is 51.8 Å². The molecule has 2 aliphatic heterocycles. The zero-order valence-electron chi connectivity index (χ0n) is 15.5. The maximum absolute atomic E-state index is 12.2. The highest BCUT2D eigenvalue weighted by Gasteiger charge is 2.21. The molecule has 3 N–H and O–H groups in total. The summed E-state index contributed by atoms with van der Waals surface area (Å²) in [5.41, 5.74) is 2.54. The Morgan fingerprint density at radius 1 is 1.12 bits per heavy atom. The van der Waals surface area contributed by atoms with Gasteiger partial charge in [0, 0.05) is 18.0 Å². The number of benzene rings is 1. The molecule has 2 saturated heterocycles. The van der Waals surface area contributed by atoms with Crippen molar-refractivity contribution < 1.29 is 19.3 Å². The number of nitrogens with one attached hydrogen (secondary N) is 3. The maximum Gasteiger partial charge on any atom is 0.275 e. The third-order valence-electron chi connectivity index (χ3n) is 5.44. The number of carbonyl (C=O) groups excluding carboxylic acids is 1. The number of piperidine rings is 1. The van der Waals surface area contributed by atoms with Crippen LogP contribution in [0.1, 0.15) is 30.9 Å². The molecule has 2 atom stereocenters. The lowest BCUT2D eigenvalue weighted by molar-refractivity contribution is -0.921. The predicted molar refractivity (Wildman–Crippen MR) is 97.5 cm³/mol. The van der Waals surface area contributed by atoms with E-state index in [0.29, 0.717) is 13.1 Å². The highest BCUT2D eigenvalue weighted by atomic mass is 16.5. The number of rotatable bonds is 6. The molecule has 2 aliphatic rings. The summed E-state index contributed by atoms with van der Waals surface area (Å²) < 4.78 is 5.41. The minimum Gasteiger partial charge on any atom is -0.370 e. The standard InChI is InChI=1S/C20H31N3O2/c1-17-3-2-8-23(14-17)16-20(24)21-13-18-4-6-19(7-5-18)15-22-9-11-25-12-10-22/h4-7,17H,2-3,8-16H2,1H3,(H,21,24)/p+2/t17-/m1/s1. The fourth-order valence-electron chi connectivity index (χ4n) is 3.95. The van der Waals surface area contributed by atoms with Crippen LogP contribution in [0.2, 0.25) is 0 Å². The van der Waals surface area contributed by atoms with Gasteiger partial charge in [0.2, 0.25) is 0 Å². The summed E-state index contributed by atoms with van der Waals surface area (Å²) in [5, 5.41) is 3.08. The van der Waals surface area contributed by atoms with Crippen molar-refractivity contribution in [1.29, 1.82) is 0 Å². The summed E-state index contributed by atoms with van der Waals surface area (Å²) in [6, 6.07) is 8.68. The number of hydrogen-bond acceptors (Lipinski definition) is 2. The van der Waals surface area contributed by atoms with Crippen molar-refractivity contribution in [3.63, 3.8) is 0 Å². The van der Waals surface area contributed by atoms with E-state index in [1.54, 1.807) is 4.90 Å². The minimum atomic E-state index is 0.172. The Balaban J connectivity index is 1.39. The second-order valence-corrected chi connectivity index (χ2v) is 7.76. The van der Waals surface area contributed by atoms with Gasteiger partial charge in [-0.15, -0.1) is 0 Å². The highest BCUT2D eigenvalue weighted by molar-refractivity contribution is 5.76. The Morgan fingerprint density at radius 3 is 2.56 bits per heavy atom. The predicted octanol–water partition coefficient (Wildman–Crippen LogP) is -0.967. The van der Waals surface area contributed by atoms with E-state index in [2.05, 4.69) is 36.5 Å². The lowest BCUT2D eigenvalue weighted by Crippen LogP contribution is -3.14. The SMILES string of the molecule is C[C@@H]1CCC[NH+](CC(=O)NCc2ccc(C[NH+]3CCOCC3)cc2)C1. The molecule has 2 heterocycles. The normalized spacial score (nSPS) is 24.8. The maximum atomic E-state index is 12.2. The van der Waals surface area contributed by atoms with Crippen molar-refractivity contribution in [2.75, 3.05) is 45.9 Å². The van der Waals surface area contributed by atoms with Gasteiger partial charge in [0.1, 0.15) is 19.6 Å². The zero-order valence-corrected chi connectivity index (χ0v) is 15.5. The Hall–Kier alpha value is -1.43. The van der Waals surface area contributed by atoms with Crippen molar-refractivity contribution in [2.45, 2.75) is 32.9 Å². The van der Waals surface area contributed by atoms with Crippen LogP contribution in [-0.2, 0) is 22.6 Å². The van der Waals surface area contributed by atoms with E-state index >= 15 is 0 Å². The Kier molecular flexibility index (Phi) is 6.84. The summed E-state index contributed by atoms with van der Waals surface area (Å²) in [6.45, 7) is 10.8. The van der Waals surface area contributed by atoms with Crippen molar-refractivity contribution in [3.05, 3.63) is 35.4 Å². The van der Waals surface area contributed by atoms with Crippen molar-refractivity contribution in [2.24, 2.45) is 5.92 Å². The van der Waals surface area contributed by atoms with Crippen molar-refractivity contribution >= 4 is 5.91 Å². The largest absolute Gasteiger partial charge is 0.370 e. The van der Waals surface area contributed by atoms with Gasteiger partial charge in [-0.25, -0.2) is 0 Å². The average Bonchev–Trinajstić information content (AvgIpc) is 2.62. The van der Waals surface area contributed by atoms with Gasteiger partial charge in [-0.1, -0.05) is 31.2 Å². The molecule has 1 unspecified atom stereocenters. The lowest BCUT2D eigenvalue weighted by atomic mass is 10.0. The summed E-state index contributed by atoms with van der Waals surface area (Å²) in [5.74, 6) is 0.920. The quantitative estimate of drug-likeness (QED) is 0.620. The molecule has 5 heteroatoms. The molecule has 0 radical (unpaired) electrons. The number of amides is 1. The smallest absolute Gasteiger partial charge is 0.275 e. The van der Waals surface area contributed by atoms with Crippen LogP contribution in [0.3, 0.4) is 0 Å². The number of carbonyl (C=O) groups is 1. The number of ether oxygens (including phenoxy) is 1. The molecule has 0 saturated carbocycles. The fraction of sp³-hybridized carbons (Fsp3) is 0.650. The molecule has 2 fully saturated rings. The van der Waals surface area contributed by atoms with Gasteiger partial charge in [0.15, 0.2) is 6.54 Å². The van der Waals surface area contributed by atoms with Gasteiger partial charge in [-0.2, -0.15) is 0 Å². The molecule has 0 bridgehead atoms. The van der Waals surface area contributed by atoms with Crippen LogP contribution in [0.5, 0.6) is 0 Å². The molecule has 138 valence electrons. The van der Waals surface area contributed by atoms with Gasteiger partial charge in [-0.3, -0.25) is 4.79 Å². The average molecular weight is 348 g/mol. The first-order valence-corrected chi connectivity index (χ1v) is 9.78. The fourth-order valence-corrected chi connectivity index (χ4v) is 3.95. The molecule has 0 spiro atoms. The first-order valence-electron chi connectivity index (χ1n) is 9.78. The molecule has 1 aromatic rings. The lowest BCUT2D eigenvalue weighted by Gasteiger charge is -2.27. The van der Waals surface area contributed by atoms with Gasteiger partial charge < -0.3 is 19.9 Å². The summed E-state index contributed by atoms with van der Waals surface area (Å²) >= 11 is 0.